The molecule has 5 nitrogen and oxygen atoms in total. The number of rotatable bonds is 4. The zero-order valence-corrected chi connectivity index (χ0v) is 16.7. The summed E-state index contributed by atoms with van der Waals surface area (Å²) in [6.07, 6.45) is 3.18. The predicted octanol–water partition coefficient (Wildman–Crippen LogP) is 5.12. The van der Waals surface area contributed by atoms with Gasteiger partial charge in [-0.15, -0.1) is 10.2 Å². The smallest absolute Gasteiger partial charge is 0.251 e. The topological polar surface area (TPSA) is 53.9 Å². The van der Waals surface area contributed by atoms with Crippen molar-refractivity contribution < 1.29 is 13.2 Å². The van der Waals surface area contributed by atoms with E-state index in [0.717, 1.165) is 24.1 Å². The van der Waals surface area contributed by atoms with Gasteiger partial charge < -0.3 is 10.2 Å². The largest absolute Gasteiger partial charge is 0.382 e. The molecule has 3 heterocycles. The minimum atomic E-state index is -2.60. The fourth-order valence-electron chi connectivity index (χ4n) is 3.87. The number of alkyl halides is 3. The Labute approximate surface area is 172 Å². The Morgan fingerprint density at radius 3 is 2.45 bits per heavy atom. The second kappa shape index (κ2) is 8.34. The summed E-state index contributed by atoms with van der Waals surface area (Å²) in [5.41, 5.74) is 2.15. The average Bonchev–Trinajstić information content (AvgIpc) is 2.70. The molecule has 2 fully saturated rings. The minimum Gasteiger partial charge on any atom is -0.382 e. The van der Waals surface area contributed by atoms with Gasteiger partial charge in [0.25, 0.3) is 5.92 Å². The maximum Gasteiger partial charge on any atom is 0.251 e. The number of aromatic nitrogens is 3. The van der Waals surface area contributed by atoms with Crippen LogP contribution in [0.1, 0.15) is 38.5 Å². The molecule has 1 saturated heterocycles. The summed E-state index contributed by atoms with van der Waals surface area (Å²) in [6.45, 7) is 0.515. The lowest BCUT2D eigenvalue weighted by atomic mass is 9.93. The van der Waals surface area contributed by atoms with E-state index in [1.54, 1.807) is 18.3 Å². The zero-order chi connectivity index (χ0) is 20.4. The number of hydrogen-bond acceptors (Lipinski definition) is 5. The van der Waals surface area contributed by atoms with Gasteiger partial charge in [-0.25, -0.2) is 18.2 Å². The minimum absolute atomic E-state index is 0.168. The van der Waals surface area contributed by atoms with Crippen LogP contribution in [0.25, 0.3) is 11.3 Å². The molecule has 1 saturated carbocycles. The molecule has 0 spiro atoms. The monoisotopic (exact) mass is 425 g/mol. The Bertz CT molecular complexity index is 831. The van der Waals surface area contributed by atoms with Crippen LogP contribution in [0.5, 0.6) is 0 Å². The molecule has 0 unspecified atom stereocenters. The quantitative estimate of drug-likeness (QED) is 0.689. The number of hydrogen-bond donors (Lipinski definition) is 1. The first-order valence-electron chi connectivity index (χ1n) is 9.93. The van der Waals surface area contributed by atoms with Crippen molar-refractivity contribution in [3.8, 4) is 11.3 Å². The Hall–Kier alpha value is -2.09. The van der Waals surface area contributed by atoms with E-state index in [2.05, 4.69) is 20.5 Å². The number of anilines is 2. The van der Waals surface area contributed by atoms with Gasteiger partial charge in [0.1, 0.15) is 11.3 Å². The average molecular weight is 426 g/mol. The van der Waals surface area contributed by atoms with E-state index in [0.29, 0.717) is 29.5 Å². The highest BCUT2D eigenvalue weighted by Crippen LogP contribution is 2.33. The summed E-state index contributed by atoms with van der Waals surface area (Å²) < 4.78 is 40.1. The lowest BCUT2D eigenvalue weighted by molar-refractivity contribution is -0.0221. The zero-order valence-electron chi connectivity index (χ0n) is 15.9. The van der Waals surface area contributed by atoms with Crippen molar-refractivity contribution in [1.29, 1.82) is 0 Å². The molecule has 2 aromatic rings. The van der Waals surface area contributed by atoms with Gasteiger partial charge in [-0.2, -0.15) is 0 Å². The third kappa shape index (κ3) is 4.91. The first-order chi connectivity index (χ1) is 13.9. The Morgan fingerprint density at radius 2 is 1.79 bits per heavy atom. The molecule has 0 bridgehead atoms. The van der Waals surface area contributed by atoms with E-state index in [1.165, 1.54) is 0 Å². The third-order valence-electron chi connectivity index (χ3n) is 5.63. The highest BCUT2D eigenvalue weighted by molar-refractivity contribution is 6.29. The van der Waals surface area contributed by atoms with E-state index < -0.39 is 12.1 Å². The second-order valence-electron chi connectivity index (χ2n) is 7.77. The standard InChI is InChI=1S/C20H23ClF3N5/c21-18-11-17(26-14-3-1-13(22)2-4-14)15(12-25-18)16-5-6-19(28-27-16)29-9-7-20(23,24)8-10-29/h5-6,11-14H,1-4,7-10H2,(H,25,26). The summed E-state index contributed by atoms with van der Waals surface area (Å²) in [5, 5.41) is 12.3. The highest BCUT2D eigenvalue weighted by Gasteiger charge is 2.34. The molecule has 0 atom stereocenters. The van der Waals surface area contributed by atoms with Crippen LogP contribution in [0.3, 0.4) is 0 Å². The van der Waals surface area contributed by atoms with Crippen LogP contribution in [-0.2, 0) is 0 Å². The maximum atomic E-state index is 13.4. The summed E-state index contributed by atoms with van der Waals surface area (Å²) in [5.74, 6) is -2.01. The first-order valence-corrected chi connectivity index (χ1v) is 10.3. The molecule has 0 radical (unpaired) electrons. The lowest BCUT2D eigenvalue weighted by Crippen LogP contribution is -2.39. The molecule has 1 N–H and O–H groups in total. The molecular formula is C20H23ClF3N5. The lowest BCUT2D eigenvalue weighted by Gasteiger charge is -2.32. The molecule has 0 aromatic carbocycles. The number of nitrogens with zero attached hydrogens (tertiary/aromatic N) is 4. The Kier molecular flexibility index (Phi) is 5.81. The Morgan fingerprint density at radius 1 is 1.07 bits per heavy atom. The van der Waals surface area contributed by atoms with Crippen molar-refractivity contribution in [2.45, 2.75) is 56.7 Å². The molecule has 4 rings (SSSR count). The van der Waals surface area contributed by atoms with Crippen LogP contribution in [0.15, 0.2) is 24.4 Å². The summed E-state index contributed by atoms with van der Waals surface area (Å²) in [4.78, 5) is 5.98. The van der Waals surface area contributed by atoms with Crippen LogP contribution in [0.4, 0.5) is 24.7 Å². The van der Waals surface area contributed by atoms with Gasteiger partial charge in [-0.1, -0.05) is 11.6 Å². The van der Waals surface area contributed by atoms with Crippen molar-refractivity contribution in [3.05, 3.63) is 29.5 Å². The highest BCUT2D eigenvalue weighted by atomic mass is 35.5. The number of nitrogens with one attached hydrogen (secondary N) is 1. The van der Waals surface area contributed by atoms with Crippen LogP contribution >= 0.6 is 11.6 Å². The van der Waals surface area contributed by atoms with Gasteiger partial charge in [-0.3, -0.25) is 0 Å². The first kappa shape index (κ1) is 20.2. The third-order valence-corrected chi connectivity index (χ3v) is 5.84. The molecule has 156 valence electrons. The molecule has 9 heteroatoms. The fourth-order valence-corrected chi connectivity index (χ4v) is 4.03. The van der Waals surface area contributed by atoms with Crippen molar-refractivity contribution >= 4 is 23.1 Å². The van der Waals surface area contributed by atoms with Gasteiger partial charge in [0.15, 0.2) is 5.82 Å². The van der Waals surface area contributed by atoms with Crippen LogP contribution in [0.2, 0.25) is 5.15 Å². The fraction of sp³-hybridized carbons (Fsp3) is 0.550. The molecule has 2 aromatic heterocycles. The number of piperidine rings is 1. The predicted molar refractivity (Wildman–Crippen MR) is 107 cm³/mol. The van der Waals surface area contributed by atoms with Crippen LogP contribution < -0.4 is 10.2 Å². The summed E-state index contributed by atoms with van der Waals surface area (Å²) in [6, 6.07) is 5.50. The molecule has 1 aliphatic heterocycles. The maximum absolute atomic E-state index is 13.4. The molecule has 29 heavy (non-hydrogen) atoms. The van der Waals surface area contributed by atoms with Gasteiger partial charge >= 0.3 is 0 Å². The van der Waals surface area contributed by atoms with Crippen LogP contribution in [0, 0.1) is 0 Å². The van der Waals surface area contributed by atoms with E-state index >= 15 is 0 Å². The Balaban J connectivity index is 1.51. The van der Waals surface area contributed by atoms with Gasteiger partial charge in [0.2, 0.25) is 0 Å². The second-order valence-corrected chi connectivity index (χ2v) is 8.15. The SMILES string of the molecule is FC1CCC(Nc2cc(Cl)ncc2-c2ccc(N3CCC(F)(F)CC3)nn2)CC1. The van der Waals surface area contributed by atoms with E-state index in [-0.39, 0.29) is 32.0 Å². The van der Waals surface area contributed by atoms with Crippen molar-refractivity contribution in [3.63, 3.8) is 0 Å². The van der Waals surface area contributed by atoms with E-state index in [9.17, 15) is 13.2 Å². The van der Waals surface area contributed by atoms with Crippen molar-refractivity contribution in [2.75, 3.05) is 23.3 Å². The van der Waals surface area contributed by atoms with Crippen LogP contribution in [-0.4, -0.2) is 46.4 Å². The molecule has 0 amide bonds. The van der Waals surface area contributed by atoms with Gasteiger partial charge in [0.05, 0.1) is 5.69 Å². The number of halogens is 4. The molecule has 2 aliphatic rings. The normalized spacial score (nSPS) is 24.3. The van der Waals surface area contributed by atoms with E-state index in [1.807, 2.05) is 11.0 Å². The molecule has 1 aliphatic carbocycles. The summed E-state index contributed by atoms with van der Waals surface area (Å²) in [7, 11) is 0. The van der Waals surface area contributed by atoms with Gasteiger partial charge in [-0.05, 0) is 43.9 Å². The number of pyridine rings is 1. The summed E-state index contributed by atoms with van der Waals surface area (Å²) >= 11 is 6.08. The van der Waals surface area contributed by atoms with Crippen molar-refractivity contribution in [2.24, 2.45) is 0 Å². The van der Waals surface area contributed by atoms with E-state index in [4.69, 9.17) is 11.6 Å². The molecular weight excluding hydrogens is 403 g/mol. The van der Waals surface area contributed by atoms with Gasteiger partial charge in [0, 0.05) is 49.4 Å². The van der Waals surface area contributed by atoms with Crippen molar-refractivity contribution in [1.82, 2.24) is 15.2 Å².